The van der Waals surface area contributed by atoms with E-state index < -0.39 is 0 Å². The van der Waals surface area contributed by atoms with E-state index in [1.165, 1.54) is 12.1 Å². The Balaban J connectivity index is 2.16. The van der Waals surface area contributed by atoms with Crippen LogP contribution >= 0.6 is 0 Å². The van der Waals surface area contributed by atoms with Crippen molar-refractivity contribution in [3.05, 3.63) is 23.8 Å². The van der Waals surface area contributed by atoms with Crippen molar-refractivity contribution in [1.82, 2.24) is 4.90 Å². The second kappa shape index (κ2) is 5.51. The maximum atomic E-state index is 12.5. The molecule has 1 aliphatic rings. The maximum Gasteiger partial charge on any atom is 0.256 e. The van der Waals surface area contributed by atoms with Crippen molar-refractivity contribution in [2.45, 2.75) is 39.2 Å². The third kappa shape index (κ3) is 3.40. The smallest absolute Gasteiger partial charge is 0.256 e. The molecule has 0 aromatic heterocycles. The van der Waals surface area contributed by atoms with E-state index in [0.717, 1.165) is 25.8 Å². The van der Waals surface area contributed by atoms with Crippen molar-refractivity contribution in [3.63, 3.8) is 0 Å². The molecule has 0 unspecified atom stereocenters. The molecule has 4 heteroatoms. The average molecular weight is 262 g/mol. The Hall–Kier alpha value is -1.71. The molecule has 0 saturated heterocycles. The normalized spacial score (nSPS) is 14.7. The minimum absolute atomic E-state index is 0.0587. The number of hydrogen-bond donors (Lipinski definition) is 2. The monoisotopic (exact) mass is 262 g/mol. The quantitative estimate of drug-likeness (QED) is 0.633. The zero-order valence-corrected chi connectivity index (χ0v) is 11.6. The van der Waals surface area contributed by atoms with Gasteiger partial charge in [0.2, 0.25) is 0 Å². The van der Waals surface area contributed by atoms with E-state index in [1.807, 2.05) is 4.90 Å². The fraction of sp³-hybridized carbons (Fsp3) is 0.533. The third-order valence-electron chi connectivity index (χ3n) is 3.46. The summed E-state index contributed by atoms with van der Waals surface area (Å²) in [7, 11) is 0. The van der Waals surface area contributed by atoms with Crippen molar-refractivity contribution >= 4 is 11.6 Å². The summed E-state index contributed by atoms with van der Waals surface area (Å²) in [5, 5.41) is 9.51. The highest BCUT2D eigenvalue weighted by atomic mass is 16.3. The van der Waals surface area contributed by atoms with Crippen molar-refractivity contribution in [3.8, 4) is 5.75 Å². The van der Waals surface area contributed by atoms with E-state index in [9.17, 15) is 9.90 Å². The van der Waals surface area contributed by atoms with Gasteiger partial charge < -0.3 is 15.7 Å². The molecule has 19 heavy (non-hydrogen) atoms. The summed E-state index contributed by atoms with van der Waals surface area (Å²) in [6, 6.07) is 4.90. The lowest BCUT2D eigenvalue weighted by atomic mass is 10.1. The topological polar surface area (TPSA) is 66.6 Å². The van der Waals surface area contributed by atoms with Crippen LogP contribution in [0.15, 0.2) is 18.2 Å². The molecule has 0 radical (unpaired) electrons. The number of benzene rings is 1. The highest BCUT2D eigenvalue weighted by molar-refractivity contribution is 5.99. The number of anilines is 1. The van der Waals surface area contributed by atoms with Crippen molar-refractivity contribution < 1.29 is 9.90 Å². The number of nitrogens with zero attached hydrogens (tertiary/aromatic N) is 1. The molecule has 4 nitrogen and oxygen atoms in total. The number of carbonyl (C=O) groups is 1. The van der Waals surface area contributed by atoms with Gasteiger partial charge in [0.05, 0.1) is 5.56 Å². The molecule has 1 aromatic carbocycles. The predicted molar refractivity (Wildman–Crippen MR) is 76.0 cm³/mol. The minimum Gasteiger partial charge on any atom is -0.508 e. The zero-order valence-electron chi connectivity index (χ0n) is 11.6. The SMILES string of the molecule is CC(C)CCN(C(=O)c1cc(O)ccc1N)C1CC1. The first kappa shape index (κ1) is 13.7. The van der Waals surface area contributed by atoms with Gasteiger partial charge in [0.25, 0.3) is 5.91 Å². The van der Waals surface area contributed by atoms with E-state index in [0.29, 0.717) is 23.2 Å². The molecule has 0 bridgehead atoms. The van der Waals surface area contributed by atoms with Crippen molar-refractivity contribution in [2.24, 2.45) is 5.92 Å². The van der Waals surface area contributed by atoms with Crippen LogP contribution in [0, 0.1) is 5.92 Å². The molecule has 0 atom stereocenters. The lowest BCUT2D eigenvalue weighted by Crippen LogP contribution is -2.35. The number of phenols is 1. The van der Waals surface area contributed by atoms with E-state index in [1.54, 1.807) is 6.07 Å². The number of rotatable bonds is 5. The van der Waals surface area contributed by atoms with Crippen LogP contribution in [0.25, 0.3) is 0 Å². The molecule has 1 aliphatic carbocycles. The molecule has 2 rings (SSSR count). The molecule has 0 heterocycles. The lowest BCUT2D eigenvalue weighted by Gasteiger charge is -2.24. The summed E-state index contributed by atoms with van der Waals surface area (Å²) in [5.41, 5.74) is 6.69. The second-order valence-electron chi connectivity index (χ2n) is 5.68. The van der Waals surface area contributed by atoms with E-state index in [2.05, 4.69) is 13.8 Å². The number of nitrogens with two attached hydrogens (primary N) is 1. The van der Waals surface area contributed by atoms with Crippen LogP contribution in [0.3, 0.4) is 0 Å². The molecular weight excluding hydrogens is 240 g/mol. The van der Waals surface area contributed by atoms with Gasteiger partial charge in [0.15, 0.2) is 0 Å². The van der Waals surface area contributed by atoms with Crippen LogP contribution in [0.4, 0.5) is 5.69 Å². The molecule has 1 saturated carbocycles. The summed E-state index contributed by atoms with van der Waals surface area (Å²) in [6.45, 7) is 5.06. The van der Waals surface area contributed by atoms with Crippen molar-refractivity contribution in [1.29, 1.82) is 0 Å². The highest BCUT2D eigenvalue weighted by Gasteiger charge is 2.33. The van der Waals surface area contributed by atoms with Gasteiger partial charge >= 0.3 is 0 Å². The fourth-order valence-electron chi connectivity index (χ4n) is 2.12. The van der Waals surface area contributed by atoms with Gasteiger partial charge in [-0.3, -0.25) is 4.79 Å². The lowest BCUT2D eigenvalue weighted by molar-refractivity contribution is 0.0736. The summed E-state index contributed by atoms with van der Waals surface area (Å²) < 4.78 is 0. The average Bonchev–Trinajstić information content (AvgIpc) is 3.16. The van der Waals surface area contributed by atoms with Crippen LogP contribution in [0.1, 0.15) is 43.5 Å². The molecule has 0 aliphatic heterocycles. The van der Waals surface area contributed by atoms with Gasteiger partial charge in [-0.25, -0.2) is 0 Å². The van der Waals surface area contributed by atoms with Gasteiger partial charge in [-0.1, -0.05) is 13.8 Å². The second-order valence-corrected chi connectivity index (χ2v) is 5.68. The van der Waals surface area contributed by atoms with Crippen molar-refractivity contribution in [2.75, 3.05) is 12.3 Å². The fourth-order valence-corrected chi connectivity index (χ4v) is 2.12. The van der Waals surface area contributed by atoms with Gasteiger partial charge in [-0.2, -0.15) is 0 Å². The number of aromatic hydroxyl groups is 1. The van der Waals surface area contributed by atoms with Gasteiger partial charge in [-0.05, 0) is 43.4 Å². The van der Waals surface area contributed by atoms with Gasteiger partial charge in [-0.15, -0.1) is 0 Å². The number of carbonyl (C=O) groups excluding carboxylic acids is 1. The number of nitrogen functional groups attached to an aromatic ring is 1. The number of phenolic OH excluding ortho intramolecular Hbond substituents is 1. The zero-order chi connectivity index (χ0) is 14.0. The first-order valence-electron chi connectivity index (χ1n) is 6.88. The van der Waals surface area contributed by atoms with Crippen LogP contribution in [-0.4, -0.2) is 28.5 Å². The largest absolute Gasteiger partial charge is 0.508 e. The van der Waals surface area contributed by atoms with E-state index in [4.69, 9.17) is 5.73 Å². The number of hydrogen-bond acceptors (Lipinski definition) is 3. The van der Waals surface area contributed by atoms with Gasteiger partial charge in [0.1, 0.15) is 5.75 Å². The molecule has 1 amide bonds. The van der Waals surface area contributed by atoms with E-state index in [-0.39, 0.29) is 11.7 Å². The molecule has 1 fully saturated rings. The first-order valence-corrected chi connectivity index (χ1v) is 6.88. The maximum absolute atomic E-state index is 12.5. The summed E-state index contributed by atoms with van der Waals surface area (Å²) in [5.74, 6) is 0.587. The van der Waals surface area contributed by atoms with Crippen LogP contribution in [0.2, 0.25) is 0 Å². The Morgan fingerprint density at radius 2 is 2.16 bits per heavy atom. The van der Waals surface area contributed by atoms with Crippen LogP contribution < -0.4 is 5.73 Å². The summed E-state index contributed by atoms with van der Waals surface area (Å²) >= 11 is 0. The molecule has 0 spiro atoms. The Kier molecular flexibility index (Phi) is 3.98. The predicted octanol–water partition coefficient (Wildman–Crippen LogP) is 2.63. The van der Waals surface area contributed by atoms with Crippen LogP contribution in [0.5, 0.6) is 5.75 Å². The van der Waals surface area contributed by atoms with Crippen LogP contribution in [-0.2, 0) is 0 Å². The molecule has 1 aromatic rings. The Labute approximate surface area is 114 Å². The standard InChI is InChI=1S/C15H22N2O2/c1-10(2)7-8-17(11-3-4-11)15(19)13-9-12(18)5-6-14(13)16/h5-6,9-11,18H,3-4,7-8,16H2,1-2H3. The Morgan fingerprint density at radius 3 is 2.74 bits per heavy atom. The van der Waals surface area contributed by atoms with E-state index >= 15 is 0 Å². The first-order chi connectivity index (χ1) is 8.99. The van der Waals surface area contributed by atoms with Gasteiger partial charge in [0, 0.05) is 18.3 Å². The molecule has 104 valence electrons. The molecular formula is C15H22N2O2. The minimum atomic E-state index is -0.0587. The molecule has 3 N–H and O–H groups in total. The summed E-state index contributed by atoms with van der Waals surface area (Å²) in [6.07, 6.45) is 3.13. The Morgan fingerprint density at radius 1 is 1.47 bits per heavy atom. The number of amides is 1. The highest BCUT2D eigenvalue weighted by Crippen LogP contribution is 2.30. The third-order valence-corrected chi connectivity index (χ3v) is 3.46. The summed E-state index contributed by atoms with van der Waals surface area (Å²) in [4.78, 5) is 14.5. The Bertz CT molecular complexity index is 467.